The van der Waals surface area contributed by atoms with Gasteiger partial charge in [-0.05, 0) is 119 Å². The molecule has 3 atom stereocenters. The number of nitriles is 1. The molecule has 3 heterocycles. The standard InChI is InChI=1S/C49H59ClN8O4S/c1-30-14-15-37(44-32(3)55-56-33(44)4)25-42(30)57(39-21-20-38(27-51)40(50)26-39)22-10-9-11-24-62-28-43(59)54-46(49(6,7)8)48(61)58-23-12-13-41(58)47(60)53-31(2)35-16-18-36(19-17-35)45-34(5)52-29-63-45/h14-21,25-26,29,31,41,46H,9-13,22-24,28H2,1-8H3,(H,53,60)(H,54,59)(H,55,56)/t31-,41-,46+/m0/s1. The van der Waals surface area contributed by atoms with Crippen molar-refractivity contribution in [1.82, 2.24) is 30.7 Å². The molecule has 2 aromatic heterocycles. The number of nitrogens with one attached hydrogen (secondary N) is 3. The van der Waals surface area contributed by atoms with Crippen LogP contribution in [0.1, 0.15) is 99.6 Å². The van der Waals surface area contributed by atoms with Crippen LogP contribution in [0.3, 0.4) is 0 Å². The van der Waals surface area contributed by atoms with Crippen LogP contribution < -0.4 is 15.5 Å². The Morgan fingerprint density at radius 2 is 1.75 bits per heavy atom. The molecule has 0 aliphatic carbocycles. The number of halogens is 1. The monoisotopic (exact) mass is 890 g/mol. The van der Waals surface area contributed by atoms with Crippen molar-refractivity contribution in [3.8, 4) is 27.6 Å². The van der Waals surface area contributed by atoms with Gasteiger partial charge in [0.05, 0.1) is 38.4 Å². The zero-order valence-electron chi connectivity index (χ0n) is 37.6. The van der Waals surface area contributed by atoms with Gasteiger partial charge in [0.1, 0.15) is 24.8 Å². The van der Waals surface area contributed by atoms with Crippen molar-refractivity contribution in [3.05, 3.63) is 105 Å². The van der Waals surface area contributed by atoms with E-state index in [0.717, 1.165) is 80.4 Å². The summed E-state index contributed by atoms with van der Waals surface area (Å²) in [5.74, 6) is -0.851. The van der Waals surface area contributed by atoms with E-state index in [0.29, 0.717) is 43.1 Å². The van der Waals surface area contributed by atoms with Crippen LogP contribution in [0.15, 0.2) is 66.2 Å². The second kappa shape index (κ2) is 20.8. The number of likely N-dealkylation sites (tertiary alicyclic amines) is 1. The fraction of sp³-hybridized carbons (Fsp3) is 0.429. The minimum absolute atomic E-state index is 0.183. The summed E-state index contributed by atoms with van der Waals surface area (Å²) < 4.78 is 5.84. The van der Waals surface area contributed by atoms with E-state index in [2.05, 4.69) is 61.9 Å². The highest BCUT2D eigenvalue weighted by Crippen LogP contribution is 2.36. The quantitative estimate of drug-likeness (QED) is 0.0780. The lowest BCUT2D eigenvalue weighted by atomic mass is 9.85. The summed E-state index contributed by atoms with van der Waals surface area (Å²) >= 11 is 8.13. The first-order valence-electron chi connectivity index (χ1n) is 21.7. The Balaban J connectivity index is 1.01. The zero-order valence-corrected chi connectivity index (χ0v) is 39.2. The topological polar surface area (TPSA) is 156 Å². The largest absolute Gasteiger partial charge is 0.372 e. The minimum atomic E-state index is -0.841. The summed E-state index contributed by atoms with van der Waals surface area (Å²) in [7, 11) is 0. The molecule has 0 spiro atoms. The zero-order chi connectivity index (χ0) is 45.4. The predicted octanol–water partition coefficient (Wildman–Crippen LogP) is 9.68. The number of amides is 3. The van der Waals surface area contributed by atoms with Gasteiger partial charge >= 0.3 is 0 Å². The van der Waals surface area contributed by atoms with E-state index >= 15 is 0 Å². The number of benzene rings is 3. The fourth-order valence-corrected chi connectivity index (χ4v) is 9.24. The first-order valence-corrected chi connectivity index (χ1v) is 22.9. The number of hydrogen-bond acceptors (Lipinski definition) is 9. The maximum atomic E-state index is 14.1. The van der Waals surface area contributed by atoms with Gasteiger partial charge in [-0.15, -0.1) is 11.3 Å². The molecule has 1 fully saturated rings. The summed E-state index contributed by atoms with van der Waals surface area (Å²) in [5.41, 5.74) is 11.8. The molecule has 14 heteroatoms. The molecule has 0 radical (unpaired) electrons. The van der Waals surface area contributed by atoms with E-state index in [1.807, 2.05) is 90.4 Å². The third-order valence-corrected chi connectivity index (χ3v) is 13.0. The number of hydrogen-bond donors (Lipinski definition) is 3. The van der Waals surface area contributed by atoms with Crippen LogP contribution >= 0.6 is 22.9 Å². The molecule has 5 aromatic rings. The van der Waals surface area contributed by atoms with Crippen LogP contribution in [0.25, 0.3) is 21.6 Å². The number of carbonyl (C=O) groups excluding carboxylic acids is 3. The predicted molar refractivity (Wildman–Crippen MR) is 251 cm³/mol. The molecule has 1 aliphatic rings. The third-order valence-electron chi connectivity index (χ3n) is 11.7. The van der Waals surface area contributed by atoms with Gasteiger partial charge in [-0.2, -0.15) is 10.4 Å². The summed E-state index contributed by atoms with van der Waals surface area (Å²) in [6, 6.07) is 20.4. The average Bonchev–Trinajstić information content (AvgIpc) is 4.01. The summed E-state index contributed by atoms with van der Waals surface area (Å²) in [6.07, 6.45) is 3.63. The molecule has 3 N–H and O–H groups in total. The maximum absolute atomic E-state index is 14.1. The SMILES string of the molecule is Cc1ccc(-c2c(C)n[nH]c2C)cc1N(CCCCCOCC(=O)N[C@H](C(=O)N1CCC[C@H]1C(=O)N[C@@H](C)c1ccc(-c2scnc2C)cc1)C(C)(C)C)c1ccc(C#N)c(Cl)c1. The Morgan fingerprint density at radius 1 is 1.00 bits per heavy atom. The van der Waals surface area contributed by atoms with Crippen molar-refractivity contribution >= 4 is 52.0 Å². The number of H-pyrrole nitrogens is 1. The van der Waals surface area contributed by atoms with Crippen molar-refractivity contribution in [1.29, 1.82) is 5.26 Å². The Kier molecular flexibility index (Phi) is 15.5. The molecule has 6 rings (SSSR count). The molecule has 12 nitrogen and oxygen atoms in total. The molecule has 332 valence electrons. The molecule has 63 heavy (non-hydrogen) atoms. The lowest BCUT2D eigenvalue weighted by Crippen LogP contribution is -2.58. The smallest absolute Gasteiger partial charge is 0.246 e. The molecule has 0 saturated carbocycles. The number of aryl methyl sites for hydroxylation is 4. The van der Waals surface area contributed by atoms with Crippen LogP contribution in [0.5, 0.6) is 0 Å². The third kappa shape index (κ3) is 11.3. The van der Waals surface area contributed by atoms with Crippen LogP contribution in [-0.4, -0.2) is 76.2 Å². The minimum Gasteiger partial charge on any atom is -0.372 e. The number of nitrogens with zero attached hydrogens (tertiary/aromatic N) is 5. The van der Waals surface area contributed by atoms with Gasteiger partial charge < -0.3 is 25.2 Å². The van der Waals surface area contributed by atoms with E-state index in [-0.39, 0.29) is 30.4 Å². The van der Waals surface area contributed by atoms with E-state index < -0.39 is 17.5 Å². The second-order valence-electron chi connectivity index (χ2n) is 17.5. The van der Waals surface area contributed by atoms with E-state index in [1.54, 1.807) is 22.3 Å². The summed E-state index contributed by atoms with van der Waals surface area (Å²) in [6.45, 7) is 17.1. The average molecular weight is 892 g/mol. The van der Waals surface area contributed by atoms with Crippen molar-refractivity contribution in [2.24, 2.45) is 5.41 Å². The molecular formula is C49H59ClN8O4S. The van der Waals surface area contributed by atoms with Crippen LogP contribution in [0, 0.1) is 44.4 Å². The fourth-order valence-electron chi connectivity index (χ4n) is 8.21. The van der Waals surface area contributed by atoms with Gasteiger partial charge in [0.2, 0.25) is 17.7 Å². The number of unbranched alkanes of at least 4 members (excludes halogenated alkanes) is 2. The van der Waals surface area contributed by atoms with Gasteiger partial charge in [0.15, 0.2) is 0 Å². The number of aromatic nitrogens is 3. The molecule has 1 aliphatic heterocycles. The Morgan fingerprint density at radius 3 is 2.40 bits per heavy atom. The van der Waals surface area contributed by atoms with E-state index in [9.17, 15) is 19.6 Å². The first-order chi connectivity index (χ1) is 30.1. The Bertz CT molecular complexity index is 2430. The number of anilines is 2. The normalized spacial score (nSPS) is 14.9. The van der Waals surface area contributed by atoms with Crippen molar-refractivity contribution in [2.45, 2.75) is 106 Å². The molecular weight excluding hydrogens is 832 g/mol. The highest BCUT2D eigenvalue weighted by molar-refractivity contribution is 7.13. The van der Waals surface area contributed by atoms with Crippen LogP contribution in [0.4, 0.5) is 11.4 Å². The lowest BCUT2D eigenvalue weighted by molar-refractivity contribution is -0.144. The molecule has 3 amide bonds. The Labute approximate surface area is 380 Å². The Hall–Kier alpha value is -5.55. The van der Waals surface area contributed by atoms with E-state index in [1.165, 1.54) is 0 Å². The highest BCUT2D eigenvalue weighted by Gasteiger charge is 2.42. The number of aromatic amines is 1. The summed E-state index contributed by atoms with van der Waals surface area (Å²) in [4.78, 5) is 50.4. The van der Waals surface area contributed by atoms with Crippen molar-refractivity contribution < 1.29 is 19.1 Å². The van der Waals surface area contributed by atoms with Gasteiger partial charge in [-0.1, -0.05) is 68.8 Å². The van der Waals surface area contributed by atoms with Crippen molar-refractivity contribution in [3.63, 3.8) is 0 Å². The number of thiazole rings is 1. The van der Waals surface area contributed by atoms with Gasteiger partial charge in [-0.25, -0.2) is 4.98 Å². The number of carbonyl (C=O) groups is 3. The highest BCUT2D eigenvalue weighted by atomic mass is 35.5. The van der Waals surface area contributed by atoms with Crippen molar-refractivity contribution in [2.75, 3.05) is 31.2 Å². The maximum Gasteiger partial charge on any atom is 0.246 e. The van der Waals surface area contributed by atoms with Crippen LogP contribution in [0.2, 0.25) is 5.02 Å². The molecule has 0 bridgehead atoms. The van der Waals surface area contributed by atoms with Crippen LogP contribution in [-0.2, 0) is 19.1 Å². The van der Waals surface area contributed by atoms with Gasteiger partial charge in [-0.3, -0.25) is 19.5 Å². The second-order valence-corrected chi connectivity index (χ2v) is 18.8. The number of rotatable bonds is 17. The lowest BCUT2D eigenvalue weighted by Gasteiger charge is -2.35. The molecule has 0 unspecified atom stereocenters. The summed E-state index contributed by atoms with van der Waals surface area (Å²) in [5, 5.41) is 23.5. The first kappa shape index (κ1) is 46.9. The van der Waals surface area contributed by atoms with Gasteiger partial charge in [0, 0.05) is 42.3 Å². The van der Waals surface area contributed by atoms with E-state index in [4.69, 9.17) is 16.3 Å². The molecule has 3 aromatic carbocycles. The molecule has 1 saturated heterocycles. The number of ether oxygens (including phenoxy) is 1. The van der Waals surface area contributed by atoms with Gasteiger partial charge in [0.25, 0.3) is 0 Å².